The van der Waals surface area contributed by atoms with Gasteiger partial charge in [-0.1, -0.05) is 17.8 Å². The van der Waals surface area contributed by atoms with E-state index in [-0.39, 0.29) is 11.9 Å². The number of carbonyl (C=O) groups is 1. The van der Waals surface area contributed by atoms with Crippen LogP contribution in [0.15, 0.2) is 33.4 Å². The fourth-order valence-electron chi connectivity index (χ4n) is 1.44. The Labute approximate surface area is 119 Å². The first-order chi connectivity index (χ1) is 8.68. The van der Waals surface area contributed by atoms with E-state index in [1.54, 1.807) is 33.8 Å². The summed E-state index contributed by atoms with van der Waals surface area (Å²) in [6, 6.07) is 4.21. The third kappa shape index (κ3) is 3.34. The molecule has 0 bridgehead atoms. The lowest BCUT2D eigenvalue weighted by molar-refractivity contribution is -0.128. The van der Waals surface area contributed by atoms with Gasteiger partial charge in [-0.2, -0.15) is 0 Å². The van der Waals surface area contributed by atoms with Gasteiger partial charge in [0, 0.05) is 23.5 Å². The smallest absolute Gasteiger partial charge is 0.233 e. The second-order valence-corrected chi connectivity index (χ2v) is 6.88. The molecular weight excluding hydrogens is 284 g/mol. The van der Waals surface area contributed by atoms with Gasteiger partial charge in [-0.05, 0) is 18.4 Å². The Morgan fingerprint density at radius 1 is 1.50 bits per heavy atom. The predicted molar refractivity (Wildman–Crippen MR) is 78.3 cm³/mol. The Morgan fingerprint density at radius 2 is 2.33 bits per heavy atom. The van der Waals surface area contributed by atoms with Crippen LogP contribution in [-0.2, 0) is 4.79 Å². The van der Waals surface area contributed by atoms with E-state index in [2.05, 4.69) is 18.0 Å². The van der Waals surface area contributed by atoms with E-state index in [1.807, 2.05) is 23.9 Å². The molecule has 0 fully saturated rings. The van der Waals surface area contributed by atoms with Crippen LogP contribution in [0.5, 0.6) is 0 Å². The third-order valence-corrected chi connectivity index (χ3v) is 5.65. The summed E-state index contributed by atoms with van der Waals surface area (Å²) in [6.07, 6.45) is 1.76. The highest BCUT2D eigenvalue weighted by atomic mass is 32.2. The fourth-order valence-corrected chi connectivity index (χ4v) is 3.83. The number of thiazole rings is 1. The van der Waals surface area contributed by atoms with Crippen molar-refractivity contribution >= 4 is 40.3 Å². The van der Waals surface area contributed by atoms with Crippen molar-refractivity contribution in [2.75, 3.05) is 12.8 Å². The van der Waals surface area contributed by atoms with E-state index < -0.39 is 0 Å². The molecule has 2 aromatic heterocycles. The van der Waals surface area contributed by atoms with Gasteiger partial charge in [-0.25, -0.2) is 4.98 Å². The highest BCUT2D eigenvalue weighted by Gasteiger charge is 2.18. The molecule has 96 valence electrons. The lowest BCUT2D eigenvalue weighted by Gasteiger charge is -2.23. The number of hydrogen-bond acceptors (Lipinski definition) is 5. The first-order valence-corrected chi connectivity index (χ1v) is 8.24. The SMILES string of the molecule is CC(c1cccs1)N(C)C(=O)CSc1nccs1. The van der Waals surface area contributed by atoms with Gasteiger partial charge in [0.25, 0.3) is 0 Å². The van der Waals surface area contributed by atoms with Crippen LogP contribution in [0.4, 0.5) is 0 Å². The number of thiophene rings is 1. The topological polar surface area (TPSA) is 33.2 Å². The maximum Gasteiger partial charge on any atom is 0.233 e. The number of rotatable bonds is 5. The number of thioether (sulfide) groups is 1. The molecule has 0 N–H and O–H groups in total. The Bertz CT molecular complexity index is 481. The number of amides is 1. The van der Waals surface area contributed by atoms with E-state index in [0.29, 0.717) is 5.75 Å². The van der Waals surface area contributed by atoms with Crippen molar-refractivity contribution in [2.24, 2.45) is 0 Å². The number of aromatic nitrogens is 1. The lowest BCUT2D eigenvalue weighted by atomic mass is 10.2. The molecule has 0 saturated carbocycles. The summed E-state index contributed by atoms with van der Waals surface area (Å²) in [5.74, 6) is 0.579. The summed E-state index contributed by atoms with van der Waals surface area (Å²) in [5.41, 5.74) is 0. The monoisotopic (exact) mass is 298 g/mol. The van der Waals surface area contributed by atoms with E-state index in [4.69, 9.17) is 0 Å². The lowest BCUT2D eigenvalue weighted by Crippen LogP contribution is -2.30. The van der Waals surface area contributed by atoms with Gasteiger partial charge in [0.2, 0.25) is 5.91 Å². The van der Waals surface area contributed by atoms with Gasteiger partial charge in [-0.15, -0.1) is 22.7 Å². The third-order valence-electron chi connectivity index (χ3n) is 2.66. The first-order valence-electron chi connectivity index (χ1n) is 5.50. The molecule has 1 amide bonds. The number of nitrogens with zero attached hydrogens (tertiary/aromatic N) is 2. The Kier molecular flexibility index (Phi) is 4.79. The highest BCUT2D eigenvalue weighted by Crippen LogP contribution is 2.25. The molecule has 6 heteroatoms. The van der Waals surface area contributed by atoms with Crippen LogP contribution in [0.25, 0.3) is 0 Å². The summed E-state index contributed by atoms with van der Waals surface area (Å²) in [4.78, 5) is 19.2. The van der Waals surface area contributed by atoms with Crippen molar-refractivity contribution in [1.29, 1.82) is 0 Å². The maximum atomic E-state index is 12.1. The van der Waals surface area contributed by atoms with Crippen molar-refractivity contribution in [2.45, 2.75) is 17.3 Å². The molecule has 0 saturated heterocycles. The molecule has 0 aliphatic rings. The number of hydrogen-bond donors (Lipinski definition) is 0. The molecule has 0 aliphatic carbocycles. The van der Waals surface area contributed by atoms with Gasteiger partial charge in [0.15, 0.2) is 0 Å². The van der Waals surface area contributed by atoms with Crippen LogP contribution in [0.2, 0.25) is 0 Å². The molecule has 2 heterocycles. The summed E-state index contributed by atoms with van der Waals surface area (Å²) < 4.78 is 0.945. The van der Waals surface area contributed by atoms with Crippen LogP contribution in [0, 0.1) is 0 Å². The van der Waals surface area contributed by atoms with E-state index in [0.717, 1.165) is 4.34 Å². The minimum atomic E-state index is 0.134. The van der Waals surface area contributed by atoms with Crippen molar-refractivity contribution < 1.29 is 4.79 Å². The second kappa shape index (κ2) is 6.36. The van der Waals surface area contributed by atoms with Gasteiger partial charge in [0.05, 0.1) is 11.8 Å². The highest BCUT2D eigenvalue weighted by molar-refractivity contribution is 8.01. The van der Waals surface area contributed by atoms with Crippen molar-refractivity contribution in [1.82, 2.24) is 9.88 Å². The average molecular weight is 298 g/mol. The zero-order valence-corrected chi connectivity index (χ0v) is 12.6. The van der Waals surface area contributed by atoms with E-state index >= 15 is 0 Å². The summed E-state index contributed by atoms with van der Waals surface area (Å²) in [5, 5.41) is 3.96. The molecule has 0 spiro atoms. The number of carbonyl (C=O) groups excluding carboxylic acids is 1. The van der Waals surface area contributed by atoms with Gasteiger partial charge in [-0.3, -0.25) is 4.79 Å². The van der Waals surface area contributed by atoms with Crippen LogP contribution in [0.3, 0.4) is 0 Å². The van der Waals surface area contributed by atoms with Crippen LogP contribution in [-0.4, -0.2) is 28.6 Å². The largest absolute Gasteiger partial charge is 0.337 e. The molecular formula is C12H14N2OS3. The molecule has 18 heavy (non-hydrogen) atoms. The minimum absolute atomic E-state index is 0.134. The van der Waals surface area contributed by atoms with Crippen molar-refractivity contribution in [3.05, 3.63) is 34.0 Å². The Hall–Kier alpha value is -0.850. The van der Waals surface area contributed by atoms with Gasteiger partial charge < -0.3 is 4.90 Å². The minimum Gasteiger partial charge on any atom is -0.337 e. The molecule has 0 aliphatic heterocycles. The quantitative estimate of drug-likeness (QED) is 0.792. The van der Waals surface area contributed by atoms with Crippen molar-refractivity contribution in [3.63, 3.8) is 0 Å². The molecule has 1 unspecified atom stereocenters. The summed E-state index contributed by atoms with van der Waals surface area (Å²) in [6.45, 7) is 2.05. The maximum absolute atomic E-state index is 12.1. The molecule has 0 aromatic carbocycles. The predicted octanol–water partition coefficient (Wildman–Crippen LogP) is 3.52. The second-order valence-electron chi connectivity index (χ2n) is 3.78. The van der Waals surface area contributed by atoms with Crippen LogP contribution >= 0.6 is 34.4 Å². The van der Waals surface area contributed by atoms with Gasteiger partial charge in [0.1, 0.15) is 4.34 Å². The molecule has 2 aromatic rings. The summed E-state index contributed by atoms with van der Waals surface area (Å²) in [7, 11) is 1.86. The average Bonchev–Trinajstić information content (AvgIpc) is 3.06. The first kappa shape index (κ1) is 13.6. The Balaban J connectivity index is 1.88. The molecule has 3 nitrogen and oxygen atoms in total. The van der Waals surface area contributed by atoms with E-state index in [1.165, 1.54) is 16.6 Å². The molecule has 0 radical (unpaired) electrons. The zero-order chi connectivity index (χ0) is 13.0. The van der Waals surface area contributed by atoms with Crippen LogP contribution < -0.4 is 0 Å². The Morgan fingerprint density at radius 3 is 2.94 bits per heavy atom. The molecule has 2 rings (SSSR count). The normalized spacial score (nSPS) is 12.3. The van der Waals surface area contributed by atoms with Crippen molar-refractivity contribution in [3.8, 4) is 0 Å². The molecule has 1 atom stereocenters. The van der Waals surface area contributed by atoms with Crippen LogP contribution in [0.1, 0.15) is 17.8 Å². The van der Waals surface area contributed by atoms with Gasteiger partial charge >= 0.3 is 0 Å². The standard InChI is InChI=1S/C12H14N2OS3/c1-9(10-4-3-6-16-10)14(2)11(15)8-18-12-13-5-7-17-12/h3-7,9H,8H2,1-2H3. The fraction of sp³-hybridized carbons (Fsp3) is 0.333. The van der Waals surface area contributed by atoms with E-state index in [9.17, 15) is 4.79 Å². The zero-order valence-electron chi connectivity index (χ0n) is 10.2. The summed E-state index contributed by atoms with van der Waals surface area (Å²) >= 11 is 4.75.